The summed E-state index contributed by atoms with van der Waals surface area (Å²) < 4.78 is 37.1. The minimum Gasteiger partial charge on any atom is -0.495 e. The van der Waals surface area contributed by atoms with Crippen molar-refractivity contribution < 1.29 is 22.4 Å². The SMILES string of the molecule is CNS(=O)(=O)c1ccc(C=CC(=O)Nc2cc3oc4ccccc4c3cc2OC)cc1. The maximum Gasteiger partial charge on any atom is 0.248 e. The Morgan fingerprint density at radius 3 is 2.45 bits per heavy atom. The standard InChI is InChI=1S/C23H20N2O5S/c1-24-31(27,28)16-10-7-15(8-11-16)9-12-23(26)25-19-14-21-18(13-22(19)29-2)17-5-3-4-6-20(17)30-21/h3-14,24H,1-2H3,(H,25,26). The summed E-state index contributed by atoms with van der Waals surface area (Å²) in [4.78, 5) is 12.6. The molecule has 0 saturated heterocycles. The van der Waals surface area contributed by atoms with Crippen molar-refractivity contribution in [2.45, 2.75) is 4.90 Å². The Bertz CT molecular complexity index is 1400. The van der Waals surface area contributed by atoms with Crippen LogP contribution in [0.5, 0.6) is 5.75 Å². The van der Waals surface area contributed by atoms with Crippen molar-refractivity contribution in [2.75, 3.05) is 19.5 Å². The fourth-order valence-electron chi connectivity index (χ4n) is 3.24. The van der Waals surface area contributed by atoms with E-state index >= 15 is 0 Å². The molecule has 1 aromatic heterocycles. The first-order valence-corrected chi connectivity index (χ1v) is 10.9. The van der Waals surface area contributed by atoms with Crippen molar-refractivity contribution >= 4 is 49.6 Å². The number of ether oxygens (including phenoxy) is 1. The van der Waals surface area contributed by atoms with Gasteiger partial charge >= 0.3 is 0 Å². The molecular formula is C23H20N2O5S. The number of sulfonamides is 1. The lowest BCUT2D eigenvalue weighted by molar-refractivity contribution is -0.111. The quantitative estimate of drug-likeness (QED) is 0.443. The second kappa shape index (κ2) is 8.25. The number of hydrogen-bond acceptors (Lipinski definition) is 5. The topological polar surface area (TPSA) is 97.6 Å². The molecule has 158 valence electrons. The summed E-state index contributed by atoms with van der Waals surface area (Å²) in [5, 5.41) is 4.67. The number of amides is 1. The van der Waals surface area contributed by atoms with Gasteiger partial charge in [0, 0.05) is 22.9 Å². The number of anilines is 1. The minimum absolute atomic E-state index is 0.153. The molecule has 8 heteroatoms. The summed E-state index contributed by atoms with van der Waals surface area (Å²) >= 11 is 0. The average molecular weight is 436 g/mol. The van der Waals surface area contributed by atoms with E-state index in [1.165, 1.54) is 32.4 Å². The van der Waals surface area contributed by atoms with Crippen molar-refractivity contribution in [1.82, 2.24) is 4.72 Å². The third-order valence-electron chi connectivity index (χ3n) is 4.84. The molecule has 7 nitrogen and oxygen atoms in total. The van der Waals surface area contributed by atoms with Crippen LogP contribution in [0.2, 0.25) is 0 Å². The lowest BCUT2D eigenvalue weighted by Crippen LogP contribution is -2.18. The van der Waals surface area contributed by atoms with Crippen LogP contribution in [0.4, 0.5) is 5.69 Å². The average Bonchev–Trinajstić information content (AvgIpc) is 3.14. The zero-order valence-electron chi connectivity index (χ0n) is 16.9. The number of benzene rings is 3. The molecule has 0 aliphatic heterocycles. The molecule has 0 atom stereocenters. The van der Waals surface area contributed by atoms with E-state index in [2.05, 4.69) is 10.0 Å². The zero-order valence-corrected chi connectivity index (χ0v) is 17.7. The van der Waals surface area contributed by atoms with Gasteiger partial charge in [0.15, 0.2) is 0 Å². The maximum absolute atomic E-state index is 12.4. The summed E-state index contributed by atoms with van der Waals surface area (Å²) in [6, 6.07) is 17.4. The van der Waals surface area contributed by atoms with Crippen molar-refractivity contribution in [3.63, 3.8) is 0 Å². The second-order valence-electron chi connectivity index (χ2n) is 6.75. The van der Waals surface area contributed by atoms with E-state index in [0.29, 0.717) is 22.6 Å². The van der Waals surface area contributed by atoms with Gasteiger partial charge in [0.05, 0.1) is 17.7 Å². The van der Waals surface area contributed by atoms with Gasteiger partial charge in [-0.15, -0.1) is 0 Å². The summed E-state index contributed by atoms with van der Waals surface area (Å²) in [6.07, 6.45) is 2.96. The first-order valence-electron chi connectivity index (χ1n) is 9.43. The van der Waals surface area contributed by atoms with Gasteiger partial charge in [-0.3, -0.25) is 4.79 Å². The van der Waals surface area contributed by atoms with E-state index in [-0.39, 0.29) is 10.8 Å². The van der Waals surface area contributed by atoms with Gasteiger partial charge in [0.1, 0.15) is 16.9 Å². The predicted octanol–water partition coefficient (Wildman–Crippen LogP) is 4.15. The summed E-state index contributed by atoms with van der Waals surface area (Å²) in [7, 11) is -0.610. The first kappa shape index (κ1) is 20.6. The fourth-order valence-corrected chi connectivity index (χ4v) is 3.97. The van der Waals surface area contributed by atoms with Gasteiger partial charge in [0.2, 0.25) is 15.9 Å². The minimum atomic E-state index is -3.50. The third-order valence-corrected chi connectivity index (χ3v) is 6.27. The van der Waals surface area contributed by atoms with Gasteiger partial charge in [-0.25, -0.2) is 13.1 Å². The number of furan rings is 1. The molecule has 4 aromatic rings. The number of rotatable bonds is 6. The van der Waals surface area contributed by atoms with E-state index in [9.17, 15) is 13.2 Å². The highest BCUT2D eigenvalue weighted by Gasteiger charge is 2.13. The molecular weight excluding hydrogens is 416 g/mol. The molecule has 0 spiro atoms. The summed E-state index contributed by atoms with van der Waals surface area (Å²) in [5.41, 5.74) is 2.57. The molecule has 0 aliphatic carbocycles. The van der Waals surface area contributed by atoms with Gasteiger partial charge in [-0.2, -0.15) is 0 Å². The number of para-hydroxylation sites is 1. The lowest BCUT2D eigenvalue weighted by atomic mass is 10.1. The van der Waals surface area contributed by atoms with E-state index in [0.717, 1.165) is 16.4 Å². The highest BCUT2D eigenvalue weighted by atomic mass is 32.2. The molecule has 0 bridgehead atoms. The van der Waals surface area contributed by atoms with E-state index in [1.54, 1.807) is 24.3 Å². The van der Waals surface area contributed by atoms with Crippen molar-refractivity contribution in [1.29, 1.82) is 0 Å². The van der Waals surface area contributed by atoms with Crippen LogP contribution >= 0.6 is 0 Å². The van der Waals surface area contributed by atoms with Crippen LogP contribution in [-0.4, -0.2) is 28.5 Å². The molecule has 4 rings (SSSR count). The van der Waals surface area contributed by atoms with E-state index in [4.69, 9.17) is 9.15 Å². The lowest BCUT2D eigenvalue weighted by Gasteiger charge is -2.09. The summed E-state index contributed by atoms with van der Waals surface area (Å²) in [5.74, 6) is 0.156. The monoisotopic (exact) mass is 436 g/mol. The van der Waals surface area contributed by atoms with Crippen LogP contribution in [0.1, 0.15) is 5.56 Å². The molecule has 0 saturated carbocycles. The molecule has 1 heterocycles. The van der Waals surface area contributed by atoms with Gasteiger partial charge in [-0.05, 0) is 43.0 Å². The largest absolute Gasteiger partial charge is 0.495 e. The first-order chi connectivity index (χ1) is 14.9. The fraction of sp³-hybridized carbons (Fsp3) is 0.0870. The van der Waals surface area contributed by atoms with Crippen LogP contribution in [0.25, 0.3) is 28.0 Å². The molecule has 1 amide bonds. The number of fused-ring (bicyclic) bond motifs is 3. The Labute approximate surface area is 179 Å². The zero-order chi connectivity index (χ0) is 22.0. The number of methoxy groups -OCH3 is 1. The number of carbonyl (C=O) groups is 1. The Morgan fingerprint density at radius 1 is 1.00 bits per heavy atom. The van der Waals surface area contributed by atoms with Crippen LogP contribution in [-0.2, 0) is 14.8 Å². The molecule has 0 unspecified atom stereocenters. The summed E-state index contributed by atoms with van der Waals surface area (Å²) in [6.45, 7) is 0. The maximum atomic E-state index is 12.4. The van der Waals surface area contributed by atoms with Crippen molar-refractivity contribution in [2.24, 2.45) is 0 Å². The van der Waals surface area contributed by atoms with Crippen LogP contribution in [0.3, 0.4) is 0 Å². The second-order valence-corrected chi connectivity index (χ2v) is 8.63. The Balaban J connectivity index is 1.56. The van der Waals surface area contributed by atoms with Gasteiger partial charge in [-0.1, -0.05) is 30.3 Å². The van der Waals surface area contributed by atoms with Gasteiger partial charge < -0.3 is 14.5 Å². The third kappa shape index (κ3) is 4.16. The van der Waals surface area contributed by atoms with Crippen LogP contribution < -0.4 is 14.8 Å². The molecule has 0 aliphatic rings. The number of hydrogen-bond donors (Lipinski definition) is 2. The number of nitrogens with one attached hydrogen (secondary N) is 2. The molecule has 2 N–H and O–H groups in total. The van der Waals surface area contributed by atoms with E-state index in [1.807, 2.05) is 30.3 Å². The van der Waals surface area contributed by atoms with Crippen molar-refractivity contribution in [3.8, 4) is 5.75 Å². The molecule has 31 heavy (non-hydrogen) atoms. The van der Waals surface area contributed by atoms with Crippen molar-refractivity contribution in [3.05, 3.63) is 72.3 Å². The molecule has 0 fully saturated rings. The Hall–Kier alpha value is -3.62. The predicted molar refractivity (Wildman–Crippen MR) is 121 cm³/mol. The number of carbonyl (C=O) groups excluding carboxylic acids is 1. The molecule has 3 aromatic carbocycles. The van der Waals surface area contributed by atoms with E-state index < -0.39 is 10.0 Å². The Morgan fingerprint density at radius 2 is 1.74 bits per heavy atom. The smallest absolute Gasteiger partial charge is 0.248 e. The highest BCUT2D eigenvalue weighted by molar-refractivity contribution is 7.89. The van der Waals surface area contributed by atoms with Crippen LogP contribution in [0.15, 0.2) is 76.1 Å². The normalized spacial score (nSPS) is 11.9. The van der Waals surface area contributed by atoms with Crippen LogP contribution in [0, 0.1) is 0 Å². The molecule has 0 radical (unpaired) electrons. The van der Waals surface area contributed by atoms with Gasteiger partial charge in [0.25, 0.3) is 0 Å². The highest BCUT2D eigenvalue weighted by Crippen LogP contribution is 2.36. The Kier molecular flexibility index (Phi) is 5.50.